The molecule has 0 saturated carbocycles. The molecule has 1 fully saturated rings. The lowest BCUT2D eigenvalue weighted by Gasteiger charge is -2.31. The number of hydrogen-bond donors (Lipinski definition) is 1. The zero-order valence-electron chi connectivity index (χ0n) is 11.3. The van der Waals surface area contributed by atoms with Gasteiger partial charge in [0.15, 0.2) is 0 Å². The van der Waals surface area contributed by atoms with Gasteiger partial charge in [0.05, 0.1) is 7.11 Å². The predicted octanol–water partition coefficient (Wildman–Crippen LogP) is 3.14. The van der Waals surface area contributed by atoms with Gasteiger partial charge in [0.2, 0.25) is 0 Å². The van der Waals surface area contributed by atoms with Crippen LogP contribution in [0, 0.1) is 5.92 Å². The summed E-state index contributed by atoms with van der Waals surface area (Å²) in [5, 5.41) is 3.35. The highest BCUT2D eigenvalue weighted by Crippen LogP contribution is 2.37. The van der Waals surface area contributed by atoms with Gasteiger partial charge in [-0.1, -0.05) is 18.2 Å². The lowest BCUT2D eigenvalue weighted by Crippen LogP contribution is -2.28. The number of para-hydroxylation sites is 1. The van der Waals surface area contributed by atoms with Gasteiger partial charge < -0.3 is 10.1 Å². The highest BCUT2D eigenvalue weighted by molar-refractivity contribution is 7.99. The van der Waals surface area contributed by atoms with Gasteiger partial charge in [-0.15, -0.1) is 0 Å². The molecule has 1 aromatic rings. The van der Waals surface area contributed by atoms with Crippen LogP contribution in [0.4, 0.5) is 0 Å². The zero-order chi connectivity index (χ0) is 12.8. The van der Waals surface area contributed by atoms with E-state index in [4.69, 9.17) is 4.74 Å². The number of thioether (sulfide) groups is 1. The van der Waals surface area contributed by atoms with Crippen LogP contribution in [0.2, 0.25) is 0 Å². The highest BCUT2D eigenvalue weighted by Gasteiger charge is 2.26. The van der Waals surface area contributed by atoms with E-state index in [1.165, 1.54) is 29.9 Å². The van der Waals surface area contributed by atoms with Gasteiger partial charge in [-0.05, 0) is 48.9 Å². The van der Waals surface area contributed by atoms with Crippen molar-refractivity contribution in [2.75, 3.05) is 32.2 Å². The second-order valence-electron chi connectivity index (χ2n) is 4.88. The lowest BCUT2D eigenvalue weighted by atomic mass is 9.83. The van der Waals surface area contributed by atoms with Crippen LogP contribution < -0.4 is 10.1 Å². The van der Waals surface area contributed by atoms with E-state index in [-0.39, 0.29) is 0 Å². The van der Waals surface area contributed by atoms with Crippen molar-refractivity contribution in [3.05, 3.63) is 29.8 Å². The third-order valence-electron chi connectivity index (χ3n) is 3.73. The molecule has 2 atom stereocenters. The van der Waals surface area contributed by atoms with Crippen LogP contribution in [-0.4, -0.2) is 32.2 Å². The van der Waals surface area contributed by atoms with Crippen molar-refractivity contribution >= 4 is 11.8 Å². The molecule has 0 bridgehead atoms. The van der Waals surface area contributed by atoms with Gasteiger partial charge in [0.1, 0.15) is 5.75 Å². The van der Waals surface area contributed by atoms with Gasteiger partial charge in [-0.2, -0.15) is 11.8 Å². The molecule has 0 aromatic heterocycles. The predicted molar refractivity (Wildman–Crippen MR) is 79.7 cm³/mol. The summed E-state index contributed by atoms with van der Waals surface area (Å²) in [5.41, 5.74) is 1.36. The largest absolute Gasteiger partial charge is 0.496 e. The third-order valence-corrected chi connectivity index (χ3v) is 4.97. The molecule has 1 saturated heterocycles. The van der Waals surface area contributed by atoms with Crippen LogP contribution in [0.5, 0.6) is 5.75 Å². The van der Waals surface area contributed by atoms with Gasteiger partial charge in [-0.25, -0.2) is 0 Å². The van der Waals surface area contributed by atoms with Crippen molar-refractivity contribution in [3.63, 3.8) is 0 Å². The van der Waals surface area contributed by atoms with E-state index >= 15 is 0 Å². The minimum atomic E-state index is 0.568. The molecular weight excluding hydrogens is 242 g/mol. The number of methoxy groups -OCH3 is 1. The maximum absolute atomic E-state index is 5.53. The van der Waals surface area contributed by atoms with E-state index in [0.29, 0.717) is 5.92 Å². The fourth-order valence-electron chi connectivity index (χ4n) is 2.81. The molecule has 0 radical (unpaired) electrons. The Morgan fingerprint density at radius 2 is 2.28 bits per heavy atom. The molecule has 0 aliphatic carbocycles. The summed E-state index contributed by atoms with van der Waals surface area (Å²) in [7, 11) is 3.81. The van der Waals surface area contributed by atoms with Gasteiger partial charge in [0, 0.05) is 12.5 Å². The molecule has 1 aliphatic rings. The van der Waals surface area contributed by atoms with Crippen molar-refractivity contribution in [2.45, 2.75) is 18.8 Å². The number of ether oxygens (including phenoxy) is 1. The van der Waals surface area contributed by atoms with Crippen molar-refractivity contribution < 1.29 is 4.74 Å². The number of benzene rings is 1. The first-order valence-corrected chi connectivity index (χ1v) is 7.87. The lowest BCUT2D eigenvalue weighted by molar-refractivity contribution is 0.375. The number of nitrogens with one attached hydrogen (secondary N) is 1. The van der Waals surface area contributed by atoms with Crippen molar-refractivity contribution in [2.24, 2.45) is 5.92 Å². The Hall–Kier alpha value is -0.670. The second kappa shape index (κ2) is 7.05. The molecule has 3 heteroatoms. The normalized spacial score (nSPS) is 21.6. The zero-order valence-corrected chi connectivity index (χ0v) is 12.1. The molecule has 18 heavy (non-hydrogen) atoms. The average Bonchev–Trinajstić information content (AvgIpc) is 2.46. The van der Waals surface area contributed by atoms with Gasteiger partial charge >= 0.3 is 0 Å². The summed E-state index contributed by atoms with van der Waals surface area (Å²) in [6.45, 7) is 1.03. The summed E-state index contributed by atoms with van der Waals surface area (Å²) < 4.78 is 5.53. The van der Waals surface area contributed by atoms with E-state index < -0.39 is 0 Å². The maximum Gasteiger partial charge on any atom is 0.122 e. The summed E-state index contributed by atoms with van der Waals surface area (Å²) >= 11 is 2.10. The molecule has 100 valence electrons. The minimum absolute atomic E-state index is 0.568. The topological polar surface area (TPSA) is 21.3 Å². The maximum atomic E-state index is 5.53. The number of hydrogen-bond acceptors (Lipinski definition) is 3. The van der Waals surface area contributed by atoms with Crippen LogP contribution in [-0.2, 0) is 0 Å². The van der Waals surface area contributed by atoms with Crippen LogP contribution >= 0.6 is 11.8 Å². The summed E-state index contributed by atoms with van der Waals surface area (Å²) in [6, 6.07) is 8.47. The molecule has 2 rings (SSSR count). The van der Waals surface area contributed by atoms with Crippen LogP contribution in [0.3, 0.4) is 0 Å². The van der Waals surface area contributed by atoms with E-state index in [1.807, 2.05) is 13.1 Å². The Balaban J connectivity index is 2.22. The molecule has 0 amide bonds. The molecule has 1 aliphatic heterocycles. The fourth-order valence-corrected chi connectivity index (χ4v) is 4.05. The van der Waals surface area contributed by atoms with E-state index in [9.17, 15) is 0 Å². The van der Waals surface area contributed by atoms with Gasteiger partial charge in [-0.3, -0.25) is 0 Å². The SMILES string of the molecule is CNCC(c1ccccc1OC)C1CCCSC1. The van der Waals surface area contributed by atoms with Crippen LogP contribution in [0.15, 0.2) is 24.3 Å². The highest BCUT2D eigenvalue weighted by atomic mass is 32.2. The molecule has 2 unspecified atom stereocenters. The standard InChI is InChI=1S/C15H23NOS/c1-16-10-14(12-6-5-9-18-11-12)13-7-3-4-8-15(13)17-2/h3-4,7-8,12,14,16H,5-6,9-11H2,1-2H3. The summed E-state index contributed by atoms with van der Waals surface area (Å²) in [5.74, 6) is 4.99. The fraction of sp³-hybridized carbons (Fsp3) is 0.600. The Bertz CT molecular complexity index is 363. The van der Waals surface area contributed by atoms with Gasteiger partial charge in [0.25, 0.3) is 0 Å². The van der Waals surface area contributed by atoms with Crippen molar-refractivity contribution in [1.82, 2.24) is 5.32 Å². The monoisotopic (exact) mass is 265 g/mol. The van der Waals surface area contributed by atoms with Crippen molar-refractivity contribution in [1.29, 1.82) is 0 Å². The smallest absolute Gasteiger partial charge is 0.122 e. The first kappa shape index (κ1) is 13.8. The average molecular weight is 265 g/mol. The molecule has 1 heterocycles. The Kier molecular flexibility index (Phi) is 5.39. The quantitative estimate of drug-likeness (QED) is 0.884. The Morgan fingerprint density at radius 1 is 1.44 bits per heavy atom. The molecule has 1 aromatic carbocycles. The van der Waals surface area contributed by atoms with E-state index in [1.54, 1.807) is 7.11 Å². The van der Waals surface area contributed by atoms with Crippen molar-refractivity contribution in [3.8, 4) is 5.75 Å². The number of rotatable bonds is 5. The minimum Gasteiger partial charge on any atom is -0.496 e. The molecular formula is C15H23NOS. The van der Waals surface area contributed by atoms with Crippen LogP contribution in [0.1, 0.15) is 24.3 Å². The summed E-state index contributed by atoms with van der Waals surface area (Å²) in [4.78, 5) is 0. The Morgan fingerprint density at radius 3 is 2.94 bits per heavy atom. The number of likely N-dealkylation sites (N-methyl/N-ethyl adjacent to an activating group) is 1. The van der Waals surface area contributed by atoms with E-state index in [2.05, 4.69) is 35.3 Å². The second-order valence-corrected chi connectivity index (χ2v) is 6.03. The molecule has 0 spiro atoms. The van der Waals surface area contributed by atoms with Crippen LogP contribution in [0.25, 0.3) is 0 Å². The van der Waals surface area contributed by atoms with E-state index in [0.717, 1.165) is 18.2 Å². The third kappa shape index (κ3) is 3.21. The first-order valence-electron chi connectivity index (χ1n) is 6.72. The Labute approximate surface area is 114 Å². The molecule has 1 N–H and O–H groups in total. The summed E-state index contributed by atoms with van der Waals surface area (Å²) in [6.07, 6.45) is 2.70. The first-order chi connectivity index (χ1) is 8.86. The molecule has 2 nitrogen and oxygen atoms in total.